The second-order valence-electron chi connectivity index (χ2n) is 3.78. The van der Waals surface area contributed by atoms with E-state index in [0.717, 1.165) is 5.69 Å². The molecule has 0 aliphatic rings. The number of aliphatic carboxylic acids is 1. The number of carboxylic acids is 1. The molecule has 0 saturated heterocycles. The Hall–Kier alpha value is -1.85. The lowest BCUT2D eigenvalue weighted by Gasteiger charge is -2.11. The zero-order valence-corrected chi connectivity index (χ0v) is 10.2. The quantitative estimate of drug-likeness (QED) is 0.881. The van der Waals surface area contributed by atoms with Gasteiger partial charge in [-0.1, -0.05) is 23.7 Å². The molecule has 0 aliphatic heterocycles. The molecule has 5 nitrogen and oxygen atoms in total. The van der Waals surface area contributed by atoms with Crippen LogP contribution in [0.1, 0.15) is 11.5 Å². The van der Waals surface area contributed by atoms with Gasteiger partial charge in [-0.15, -0.1) is 0 Å². The Morgan fingerprint density at radius 3 is 2.50 bits per heavy atom. The van der Waals surface area contributed by atoms with Crippen molar-refractivity contribution in [3.05, 3.63) is 47.2 Å². The standard InChI is InChI=1S/C12H12ClN3O2/c13-11-5-6-15-16(11)9-3-1-8(2-4-9)10(7-14)12(17)18/h1-6,10H,7,14H2,(H,17,18). The lowest BCUT2D eigenvalue weighted by molar-refractivity contribution is -0.138. The summed E-state index contributed by atoms with van der Waals surface area (Å²) in [4.78, 5) is 11.0. The van der Waals surface area contributed by atoms with E-state index in [1.165, 1.54) is 0 Å². The molecule has 94 valence electrons. The van der Waals surface area contributed by atoms with Gasteiger partial charge in [-0.25, -0.2) is 4.68 Å². The molecule has 1 aromatic heterocycles. The highest BCUT2D eigenvalue weighted by atomic mass is 35.5. The molecule has 1 heterocycles. The normalized spacial score (nSPS) is 12.3. The maximum Gasteiger partial charge on any atom is 0.312 e. The molecule has 0 fully saturated rings. The summed E-state index contributed by atoms with van der Waals surface area (Å²) >= 11 is 5.94. The van der Waals surface area contributed by atoms with Crippen LogP contribution in [0.2, 0.25) is 5.15 Å². The van der Waals surface area contributed by atoms with Crippen LogP contribution in [-0.2, 0) is 4.79 Å². The van der Waals surface area contributed by atoms with Crippen LogP contribution in [0.5, 0.6) is 0 Å². The van der Waals surface area contributed by atoms with E-state index in [0.29, 0.717) is 10.7 Å². The Morgan fingerprint density at radius 2 is 2.06 bits per heavy atom. The number of carbonyl (C=O) groups is 1. The Bertz CT molecular complexity index is 551. The average molecular weight is 266 g/mol. The van der Waals surface area contributed by atoms with Crippen LogP contribution in [0.4, 0.5) is 0 Å². The van der Waals surface area contributed by atoms with Gasteiger partial charge in [0.25, 0.3) is 0 Å². The summed E-state index contributed by atoms with van der Waals surface area (Å²) in [6.45, 7) is 0.0667. The molecule has 18 heavy (non-hydrogen) atoms. The highest BCUT2D eigenvalue weighted by Gasteiger charge is 2.17. The summed E-state index contributed by atoms with van der Waals surface area (Å²) < 4.78 is 1.56. The van der Waals surface area contributed by atoms with E-state index < -0.39 is 11.9 Å². The van der Waals surface area contributed by atoms with Crippen LogP contribution in [0.25, 0.3) is 5.69 Å². The number of rotatable bonds is 4. The SMILES string of the molecule is NCC(C(=O)O)c1ccc(-n2nccc2Cl)cc1. The lowest BCUT2D eigenvalue weighted by atomic mass is 9.99. The number of aromatic nitrogens is 2. The third kappa shape index (κ3) is 2.37. The molecule has 0 radical (unpaired) electrons. The number of benzene rings is 1. The van der Waals surface area contributed by atoms with Gasteiger partial charge in [-0.2, -0.15) is 5.10 Å². The highest BCUT2D eigenvalue weighted by molar-refractivity contribution is 6.29. The summed E-state index contributed by atoms with van der Waals surface area (Å²) in [5.74, 6) is -1.62. The van der Waals surface area contributed by atoms with Gasteiger partial charge < -0.3 is 10.8 Å². The van der Waals surface area contributed by atoms with Crippen molar-refractivity contribution >= 4 is 17.6 Å². The first-order valence-corrected chi connectivity index (χ1v) is 5.74. The maximum atomic E-state index is 11.0. The van der Waals surface area contributed by atoms with Crippen LogP contribution >= 0.6 is 11.6 Å². The van der Waals surface area contributed by atoms with E-state index in [1.807, 2.05) is 0 Å². The zero-order valence-electron chi connectivity index (χ0n) is 9.45. The van der Waals surface area contributed by atoms with E-state index in [2.05, 4.69) is 5.10 Å². The third-order valence-electron chi connectivity index (χ3n) is 2.67. The molecule has 1 aromatic carbocycles. The van der Waals surface area contributed by atoms with Crippen LogP contribution in [0, 0.1) is 0 Å². The van der Waals surface area contributed by atoms with Gasteiger partial charge in [0.15, 0.2) is 0 Å². The van der Waals surface area contributed by atoms with Crippen molar-refractivity contribution in [1.29, 1.82) is 0 Å². The third-order valence-corrected chi connectivity index (χ3v) is 2.96. The molecule has 6 heteroatoms. The van der Waals surface area contributed by atoms with E-state index >= 15 is 0 Å². The van der Waals surface area contributed by atoms with Gasteiger partial charge in [0, 0.05) is 6.54 Å². The molecule has 1 unspecified atom stereocenters. The number of hydrogen-bond donors (Lipinski definition) is 2. The monoisotopic (exact) mass is 265 g/mol. The van der Waals surface area contributed by atoms with Crippen molar-refractivity contribution in [3.63, 3.8) is 0 Å². The number of nitrogens with zero attached hydrogens (tertiary/aromatic N) is 2. The summed E-state index contributed by atoms with van der Waals surface area (Å²) in [5.41, 5.74) is 6.88. The van der Waals surface area contributed by atoms with Gasteiger partial charge in [0.1, 0.15) is 5.15 Å². The summed E-state index contributed by atoms with van der Waals surface area (Å²) in [5, 5.41) is 13.6. The van der Waals surface area contributed by atoms with Crippen molar-refractivity contribution in [2.24, 2.45) is 5.73 Å². The minimum Gasteiger partial charge on any atom is -0.481 e. The van der Waals surface area contributed by atoms with Gasteiger partial charge in [0.2, 0.25) is 0 Å². The topological polar surface area (TPSA) is 81.1 Å². The molecule has 0 spiro atoms. The molecule has 1 atom stereocenters. The van der Waals surface area contributed by atoms with E-state index in [9.17, 15) is 4.79 Å². The second-order valence-corrected chi connectivity index (χ2v) is 4.17. The lowest BCUT2D eigenvalue weighted by Crippen LogP contribution is -2.21. The van der Waals surface area contributed by atoms with E-state index in [1.54, 1.807) is 41.2 Å². The number of carboxylic acid groups (broad SMARTS) is 1. The van der Waals surface area contributed by atoms with E-state index in [4.69, 9.17) is 22.4 Å². The molecule has 0 saturated carbocycles. The summed E-state index contributed by atoms with van der Waals surface area (Å²) in [6, 6.07) is 8.65. The van der Waals surface area contributed by atoms with Gasteiger partial charge in [0.05, 0.1) is 17.8 Å². The molecule has 0 bridgehead atoms. The first kappa shape index (κ1) is 12.6. The smallest absolute Gasteiger partial charge is 0.312 e. The first-order valence-electron chi connectivity index (χ1n) is 5.36. The Labute approximate surface area is 109 Å². The fourth-order valence-electron chi connectivity index (χ4n) is 1.70. The zero-order chi connectivity index (χ0) is 13.1. The van der Waals surface area contributed by atoms with Crippen molar-refractivity contribution in [2.75, 3.05) is 6.54 Å². The molecular weight excluding hydrogens is 254 g/mol. The van der Waals surface area contributed by atoms with Gasteiger partial charge >= 0.3 is 5.97 Å². The molecular formula is C12H12ClN3O2. The number of nitrogens with two attached hydrogens (primary N) is 1. The Balaban J connectivity index is 2.31. The predicted molar refractivity (Wildman–Crippen MR) is 68.0 cm³/mol. The highest BCUT2D eigenvalue weighted by Crippen LogP contribution is 2.19. The molecule has 3 N–H and O–H groups in total. The first-order chi connectivity index (χ1) is 8.63. The maximum absolute atomic E-state index is 11.0. The molecule has 2 rings (SSSR count). The van der Waals surface area contributed by atoms with Crippen molar-refractivity contribution < 1.29 is 9.90 Å². The number of halogens is 1. The minimum absolute atomic E-state index is 0.0667. The molecule has 2 aromatic rings. The summed E-state index contributed by atoms with van der Waals surface area (Å²) in [7, 11) is 0. The van der Waals surface area contributed by atoms with Crippen molar-refractivity contribution in [1.82, 2.24) is 9.78 Å². The average Bonchev–Trinajstić information content (AvgIpc) is 2.77. The van der Waals surface area contributed by atoms with Crippen LogP contribution in [0.3, 0.4) is 0 Å². The van der Waals surface area contributed by atoms with Crippen molar-refractivity contribution in [2.45, 2.75) is 5.92 Å². The largest absolute Gasteiger partial charge is 0.481 e. The minimum atomic E-state index is -0.928. The van der Waals surface area contributed by atoms with Gasteiger partial charge in [-0.05, 0) is 23.8 Å². The Morgan fingerprint density at radius 1 is 1.39 bits per heavy atom. The van der Waals surface area contributed by atoms with Crippen molar-refractivity contribution in [3.8, 4) is 5.69 Å². The molecule has 0 aliphatic carbocycles. The van der Waals surface area contributed by atoms with Crippen LogP contribution in [-0.4, -0.2) is 27.4 Å². The predicted octanol–water partition coefficient (Wildman–Crippen LogP) is 1.65. The van der Waals surface area contributed by atoms with Crippen LogP contribution in [0.15, 0.2) is 36.5 Å². The van der Waals surface area contributed by atoms with Gasteiger partial charge in [-0.3, -0.25) is 4.79 Å². The number of hydrogen-bond acceptors (Lipinski definition) is 3. The fraction of sp³-hybridized carbons (Fsp3) is 0.167. The molecule has 0 amide bonds. The second kappa shape index (κ2) is 5.20. The Kier molecular flexibility index (Phi) is 3.64. The van der Waals surface area contributed by atoms with E-state index in [-0.39, 0.29) is 6.54 Å². The fourth-order valence-corrected chi connectivity index (χ4v) is 1.90. The summed E-state index contributed by atoms with van der Waals surface area (Å²) in [6.07, 6.45) is 1.59. The van der Waals surface area contributed by atoms with Crippen LogP contribution < -0.4 is 5.73 Å².